The molecule has 0 spiro atoms. The third-order valence-electron chi connectivity index (χ3n) is 6.59. The Labute approximate surface area is 179 Å². The minimum Gasteiger partial charge on any atom is -0.490 e. The van der Waals surface area contributed by atoms with E-state index >= 15 is 0 Å². The largest absolute Gasteiger partial charge is 0.490 e. The van der Waals surface area contributed by atoms with Crippen LogP contribution in [0, 0.1) is 17.8 Å². The lowest BCUT2D eigenvalue weighted by Gasteiger charge is -2.32. The van der Waals surface area contributed by atoms with Crippen molar-refractivity contribution in [2.75, 3.05) is 19.6 Å². The highest BCUT2D eigenvalue weighted by Crippen LogP contribution is 2.44. The average Bonchev–Trinajstić information content (AvgIpc) is 3.37. The number of hydrogen-bond donors (Lipinski definition) is 1. The molecule has 0 aromatic heterocycles. The van der Waals surface area contributed by atoms with Crippen LogP contribution in [0.2, 0.25) is 0 Å². The predicted molar refractivity (Wildman–Crippen MR) is 109 cm³/mol. The molecule has 4 rings (SSSR count). The Balaban J connectivity index is 1.23. The van der Waals surface area contributed by atoms with Crippen molar-refractivity contribution in [3.8, 4) is 5.75 Å². The molecule has 2 fully saturated rings. The van der Waals surface area contributed by atoms with E-state index in [1.807, 2.05) is 0 Å². The molecule has 2 bridgehead atoms. The summed E-state index contributed by atoms with van der Waals surface area (Å²) < 4.78 is 43.5. The number of benzene rings is 1. The summed E-state index contributed by atoms with van der Waals surface area (Å²) in [4.78, 5) is 24.6. The van der Waals surface area contributed by atoms with Gasteiger partial charge in [0.25, 0.3) is 5.91 Å². The third-order valence-corrected chi connectivity index (χ3v) is 6.59. The number of nitrogens with zero attached hydrogens (tertiary/aromatic N) is 1. The van der Waals surface area contributed by atoms with Gasteiger partial charge in [0.2, 0.25) is 0 Å². The first kappa shape index (κ1) is 21.7. The standard InChI is InChI=1S/C23H27F3N2O3/c24-23(25,26)22(30)28-10-7-19(8-11-28)31-20-3-1-2-18(14-20)21(29)27-9-6-17-13-15-4-5-16(17)12-15/h1-5,14-17,19H,6-13H2,(H,27,29). The van der Waals surface area contributed by atoms with Crippen LogP contribution in [-0.2, 0) is 4.79 Å². The molecule has 3 unspecified atom stereocenters. The lowest BCUT2D eigenvalue weighted by atomic mass is 9.90. The molecule has 1 N–H and O–H groups in total. The number of hydrogen-bond acceptors (Lipinski definition) is 3. The molecule has 0 radical (unpaired) electrons. The number of carbonyl (C=O) groups is 2. The number of alkyl halides is 3. The first-order chi connectivity index (χ1) is 14.8. The van der Waals surface area contributed by atoms with E-state index in [1.165, 1.54) is 12.8 Å². The predicted octanol–water partition coefficient (Wildman–Crippen LogP) is 3.95. The van der Waals surface area contributed by atoms with E-state index in [0.717, 1.165) is 17.2 Å². The Kier molecular flexibility index (Phi) is 6.25. The number of halogens is 3. The molecular formula is C23H27F3N2O3. The van der Waals surface area contributed by atoms with Crippen LogP contribution >= 0.6 is 0 Å². The third kappa shape index (κ3) is 5.22. The molecule has 8 heteroatoms. The maximum Gasteiger partial charge on any atom is 0.471 e. The fraction of sp³-hybridized carbons (Fsp3) is 0.565. The maximum absolute atomic E-state index is 12.5. The number of piperidine rings is 1. The second-order valence-corrected chi connectivity index (χ2v) is 8.72. The van der Waals surface area contributed by atoms with Crippen molar-refractivity contribution >= 4 is 11.8 Å². The summed E-state index contributed by atoms with van der Waals surface area (Å²) in [5.74, 6) is 0.585. The van der Waals surface area contributed by atoms with Crippen LogP contribution in [0.15, 0.2) is 36.4 Å². The van der Waals surface area contributed by atoms with E-state index in [-0.39, 0.29) is 25.1 Å². The molecule has 31 heavy (non-hydrogen) atoms. The van der Waals surface area contributed by atoms with Gasteiger partial charge in [-0.3, -0.25) is 9.59 Å². The van der Waals surface area contributed by atoms with Gasteiger partial charge in [0.05, 0.1) is 0 Å². The van der Waals surface area contributed by atoms with Crippen LogP contribution in [-0.4, -0.2) is 48.6 Å². The van der Waals surface area contributed by atoms with Crippen molar-refractivity contribution in [1.29, 1.82) is 0 Å². The van der Waals surface area contributed by atoms with Gasteiger partial charge in [0, 0.05) is 38.0 Å². The molecule has 1 aliphatic heterocycles. The van der Waals surface area contributed by atoms with Crippen LogP contribution < -0.4 is 10.1 Å². The Hall–Kier alpha value is -2.51. The number of rotatable bonds is 6. The topological polar surface area (TPSA) is 58.6 Å². The smallest absolute Gasteiger partial charge is 0.471 e. The Morgan fingerprint density at radius 2 is 1.90 bits per heavy atom. The van der Waals surface area contributed by atoms with Crippen LogP contribution in [0.3, 0.4) is 0 Å². The zero-order valence-electron chi connectivity index (χ0n) is 17.2. The van der Waals surface area contributed by atoms with Crippen molar-refractivity contribution < 1.29 is 27.5 Å². The molecule has 5 nitrogen and oxygen atoms in total. The molecule has 1 heterocycles. The van der Waals surface area contributed by atoms with Crippen molar-refractivity contribution in [1.82, 2.24) is 10.2 Å². The van der Waals surface area contributed by atoms with Gasteiger partial charge >= 0.3 is 12.1 Å². The maximum atomic E-state index is 12.5. The monoisotopic (exact) mass is 436 g/mol. The van der Waals surface area contributed by atoms with E-state index in [4.69, 9.17) is 4.74 Å². The highest BCUT2D eigenvalue weighted by atomic mass is 19.4. The van der Waals surface area contributed by atoms with Crippen molar-refractivity contribution in [3.63, 3.8) is 0 Å². The second kappa shape index (κ2) is 8.93. The van der Waals surface area contributed by atoms with Crippen LogP contribution in [0.5, 0.6) is 5.75 Å². The summed E-state index contributed by atoms with van der Waals surface area (Å²) in [7, 11) is 0. The molecule has 1 aromatic carbocycles. The van der Waals surface area contributed by atoms with E-state index in [1.54, 1.807) is 24.3 Å². The molecule has 3 aliphatic rings. The molecule has 1 saturated carbocycles. The summed E-state index contributed by atoms with van der Waals surface area (Å²) in [6.45, 7) is 0.639. The Morgan fingerprint density at radius 3 is 2.55 bits per heavy atom. The van der Waals surface area contributed by atoms with Gasteiger partial charge in [0.1, 0.15) is 11.9 Å². The van der Waals surface area contributed by atoms with Crippen LogP contribution in [0.1, 0.15) is 42.5 Å². The lowest BCUT2D eigenvalue weighted by Crippen LogP contribution is -2.47. The van der Waals surface area contributed by atoms with Gasteiger partial charge in [-0.05, 0) is 55.2 Å². The number of amides is 2. The zero-order valence-corrected chi connectivity index (χ0v) is 17.2. The first-order valence-corrected chi connectivity index (χ1v) is 10.9. The van der Waals surface area contributed by atoms with Gasteiger partial charge in [0.15, 0.2) is 0 Å². The van der Waals surface area contributed by atoms with Crippen molar-refractivity contribution in [2.45, 2.75) is 44.4 Å². The fourth-order valence-electron chi connectivity index (χ4n) is 4.96. The molecule has 2 aliphatic carbocycles. The molecule has 3 atom stereocenters. The second-order valence-electron chi connectivity index (χ2n) is 8.72. The summed E-state index contributed by atoms with van der Waals surface area (Å²) in [6, 6.07) is 6.83. The lowest BCUT2D eigenvalue weighted by molar-refractivity contribution is -0.187. The van der Waals surface area contributed by atoms with Gasteiger partial charge in [-0.2, -0.15) is 13.2 Å². The zero-order chi connectivity index (χ0) is 22.0. The van der Waals surface area contributed by atoms with Crippen molar-refractivity contribution in [3.05, 3.63) is 42.0 Å². The number of nitrogens with one attached hydrogen (secondary N) is 1. The Bertz CT molecular complexity index is 847. The average molecular weight is 436 g/mol. The van der Waals surface area contributed by atoms with E-state index in [9.17, 15) is 22.8 Å². The number of carbonyl (C=O) groups excluding carboxylic acids is 2. The van der Waals surface area contributed by atoms with E-state index in [2.05, 4.69) is 17.5 Å². The van der Waals surface area contributed by atoms with Crippen LogP contribution in [0.25, 0.3) is 0 Å². The van der Waals surface area contributed by atoms with E-state index in [0.29, 0.717) is 42.5 Å². The first-order valence-electron chi connectivity index (χ1n) is 10.9. The van der Waals surface area contributed by atoms with Crippen molar-refractivity contribution in [2.24, 2.45) is 17.8 Å². The normalized spacial score (nSPS) is 25.6. The number of likely N-dealkylation sites (tertiary alicyclic amines) is 1. The summed E-state index contributed by atoms with van der Waals surface area (Å²) >= 11 is 0. The number of ether oxygens (including phenoxy) is 1. The molecule has 2 amide bonds. The minimum atomic E-state index is -4.84. The SMILES string of the molecule is O=C(NCCC1CC2C=CC1C2)c1cccc(OC2CCN(C(=O)C(F)(F)F)CC2)c1. The van der Waals surface area contributed by atoms with Gasteiger partial charge < -0.3 is 15.0 Å². The molecular weight excluding hydrogens is 409 g/mol. The summed E-state index contributed by atoms with van der Waals surface area (Å²) in [5.41, 5.74) is 0.495. The number of fused-ring (bicyclic) bond motifs is 2. The fourth-order valence-corrected chi connectivity index (χ4v) is 4.96. The van der Waals surface area contributed by atoms with Crippen LogP contribution in [0.4, 0.5) is 13.2 Å². The molecule has 1 aromatic rings. The number of allylic oxidation sites excluding steroid dienone is 2. The highest BCUT2D eigenvalue weighted by molar-refractivity contribution is 5.94. The highest BCUT2D eigenvalue weighted by Gasteiger charge is 2.43. The minimum absolute atomic E-state index is 0.00138. The van der Waals surface area contributed by atoms with Gasteiger partial charge in [-0.1, -0.05) is 18.2 Å². The van der Waals surface area contributed by atoms with E-state index < -0.39 is 12.1 Å². The summed E-state index contributed by atoms with van der Waals surface area (Å²) in [5, 5.41) is 2.98. The molecule has 168 valence electrons. The Morgan fingerprint density at radius 1 is 1.13 bits per heavy atom. The molecule has 1 saturated heterocycles. The quantitative estimate of drug-likeness (QED) is 0.687. The van der Waals surface area contributed by atoms with Gasteiger partial charge in [-0.25, -0.2) is 0 Å². The van der Waals surface area contributed by atoms with Gasteiger partial charge in [-0.15, -0.1) is 0 Å². The summed E-state index contributed by atoms with van der Waals surface area (Å²) in [6.07, 6.45) is 3.56.